The number of halogens is 4. The Hall–Kier alpha value is -2.94. The molecular weight excluding hydrogens is 471 g/mol. The topological polar surface area (TPSA) is 63.2 Å². The number of nitrogens with zero attached hydrogens (tertiary/aromatic N) is 2. The normalized spacial score (nSPS) is 18.7. The van der Waals surface area contributed by atoms with Gasteiger partial charge in [0.2, 0.25) is 0 Å². The van der Waals surface area contributed by atoms with Crippen LogP contribution in [0.15, 0.2) is 41.5 Å². The van der Waals surface area contributed by atoms with Crippen molar-refractivity contribution >= 4 is 29.4 Å². The van der Waals surface area contributed by atoms with Crippen molar-refractivity contribution < 1.29 is 27.4 Å². The highest BCUT2D eigenvalue weighted by Crippen LogP contribution is 2.34. The number of methoxy groups -OCH3 is 1. The van der Waals surface area contributed by atoms with E-state index in [0.29, 0.717) is 17.1 Å². The fourth-order valence-corrected chi connectivity index (χ4v) is 4.13. The van der Waals surface area contributed by atoms with Gasteiger partial charge >= 0.3 is 6.18 Å². The summed E-state index contributed by atoms with van der Waals surface area (Å²) in [5.41, 5.74) is 2.32. The third-order valence-corrected chi connectivity index (χ3v) is 6.04. The lowest BCUT2D eigenvalue weighted by atomic mass is 9.97. The highest BCUT2D eigenvalue weighted by Gasteiger charge is 2.31. The second kappa shape index (κ2) is 11.0. The molecule has 0 spiro atoms. The summed E-state index contributed by atoms with van der Waals surface area (Å²) in [4.78, 5) is 14.6. The van der Waals surface area contributed by atoms with Gasteiger partial charge in [0.25, 0.3) is 5.91 Å². The molecule has 10 heteroatoms. The standard InChI is InChI=1S/C24H27ClF3N3O3/c1-15-5-4-6-16(2)31(15)23(32)14-34-21-10-7-17(11-22(21)33-3)13-29-30-20-12-18(24(26,27)28)8-9-19(20)25/h7-13,15-16,30H,4-6,14H2,1-3H3. The predicted molar refractivity (Wildman–Crippen MR) is 126 cm³/mol. The van der Waals surface area contributed by atoms with E-state index in [0.717, 1.165) is 37.5 Å². The van der Waals surface area contributed by atoms with Gasteiger partial charge < -0.3 is 14.4 Å². The average molecular weight is 498 g/mol. The Morgan fingerprint density at radius 1 is 1.18 bits per heavy atom. The molecule has 0 aliphatic carbocycles. The molecule has 1 aliphatic rings. The first-order chi connectivity index (χ1) is 16.1. The van der Waals surface area contributed by atoms with Crippen LogP contribution in [0.2, 0.25) is 5.02 Å². The molecule has 0 radical (unpaired) electrons. The highest BCUT2D eigenvalue weighted by atomic mass is 35.5. The van der Waals surface area contributed by atoms with E-state index >= 15 is 0 Å². The molecule has 1 aliphatic heterocycles. The minimum atomic E-state index is -4.49. The highest BCUT2D eigenvalue weighted by molar-refractivity contribution is 6.33. The van der Waals surface area contributed by atoms with Crippen LogP contribution in [0.4, 0.5) is 18.9 Å². The van der Waals surface area contributed by atoms with Crippen molar-refractivity contribution in [3.05, 3.63) is 52.5 Å². The molecule has 184 valence electrons. The number of carbonyl (C=O) groups is 1. The fraction of sp³-hybridized carbons (Fsp3) is 0.417. The second-order valence-corrected chi connectivity index (χ2v) is 8.60. The number of ether oxygens (including phenoxy) is 2. The zero-order chi connectivity index (χ0) is 24.9. The Bertz CT molecular complexity index is 1040. The summed E-state index contributed by atoms with van der Waals surface area (Å²) in [6.45, 7) is 3.99. The van der Waals surface area contributed by atoms with Crippen LogP contribution in [0.5, 0.6) is 11.5 Å². The molecule has 1 amide bonds. The number of hydrogen-bond acceptors (Lipinski definition) is 5. The Balaban J connectivity index is 1.65. The second-order valence-electron chi connectivity index (χ2n) is 8.19. The Morgan fingerprint density at radius 3 is 2.53 bits per heavy atom. The Labute approximate surface area is 201 Å². The van der Waals surface area contributed by atoms with Crippen LogP contribution in [-0.4, -0.2) is 42.8 Å². The minimum Gasteiger partial charge on any atom is -0.493 e. The summed E-state index contributed by atoms with van der Waals surface area (Å²) < 4.78 is 49.8. The van der Waals surface area contributed by atoms with E-state index in [2.05, 4.69) is 10.5 Å². The van der Waals surface area contributed by atoms with Gasteiger partial charge in [0.1, 0.15) is 0 Å². The number of anilines is 1. The summed E-state index contributed by atoms with van der Waals surface area (Å²) in [6, 6.07) is 8.28. The molecule has 6 nitrogen and oxygen atoms in total. The summed E-state index contributed by atoms with van der Waals surface area (Å²) >= 11 is 5.96. The molecule has 1 heterocycles. The van der Waals surface area contributed by atoms with Crippen LogP contribution in [-0.2, 0) is 11.0 Å². The predicted octanol–water partition coefficient (Wildman–Crippen LogP) is 5.98. The van der Waals surface area contributed by atoms with Crippen molar-refractivity contribution in [2.45, 2.75) is 51.4 Å². The van der Waals surface area contributed by atoms with Gasteiger partial charge in [-0.25, -0.2) is 0 Å². The molecule has 3 rings (SSSR count). The number of rotatable bonds is 7. The van der Waals surface area contributed by atoms with Gasteiger partial charge in [-0.15, -0.1) is 0 Å². The number of hydrogen-bond donors (Lipinski definition) is 1. The molecule has 1 saturated heterocycles. The smallest absolute Gasteiger partial charge is 0.416 e. The summed E-state index contributed by atoms with van der Waals surface area (Å²) in [7, 11) is 1.47. The molecule has 0 aromatic heterocycles. The van der Waals surface area contributed by atoms with Crippen LogP contribution >= 0.6 is 11.6 Å². The van der Waals surface area contributed by atoms with E-state index in [1.54, 1.807) is 18.2 Å². The van der Waals surface area contributed by atoms with E-state index in [-0.39, 0.29) is 35.3 Å². The maximum atomic E-state index is 12.9. The summed E-state index contributed by atoms with van der Waals surface area (Å²) in [6.07, 6.45) is -0.0104. The molecule has 2 aromatic rings. The van der Waals surface area contributed by atoms with Gasteiger partial charge in [0.05, 0.1) is 29.6 Å². The first-order valence-electron chi connectivity index (χ1n) is 10.9. The third kappa shape index (κ3) is 6.34. The van der Waals surface area contributed by atoms with E-state index in [4.69, 9.17) is 21.1 Å². The molecule has 2 aromatic carbocycles. The third-order valence-electron chi connectivity index (χ3n) is 5.71. The molecule has 2 unspecified atom stereocenters. The first-order valence-corrected chi connectivity index (χ1v) is 11.3. The van der Waals surface area contributed by atoms with Crippen molar-refractivity contribution in [1.29, 1.82) is 0 Å². The lowest BCUT2D eigenvalue weighted by Gasteiger charge is -2.39. The number of alkyl halides is 3. The number of amides is 1. The van der Waals surface area contributed by atoms with Gasteiger partial charge in [0, 0.05) is 12.1 Å². The van der Waals surface area contributed by atoms with E-state index < -0.39 is 11.7 Å². The molecule has 2 atom stereocenters. The Kier molecular flexibility index (Phi) is 8.30. The number of piperidine rings is 1. The van der Waals surface area contributed by atoms with Crippen molar-refractivity contribution in [2.24, 2.45) is 5.10 Å². The number of benzene rings is 2. The van der Waals surface area contributed by atoms with Crippen LogP contribution in [0.1, 0.15) is 44.2 Å². The van der Waals surface area contributed by atoms with Gasteiger partial charge in [-0.05, 0) is 75.1 Å². The fourth-order valence-electron chi connectivity index (χ4n) is 3.97. The summed E-state index contributed by atoms with van der Waals surface area (Å²) in [5.74, 6) is 0.724. The molecule has 0 saturated carbocycles. The molecular formula is C24H27ClF3N3O3. The lowest BCUT2D eigenvalue weighted by molar-refractivity contribution is -0.139. The molecule has 0 bridgehead atoms. The zero-order valence-corrected chi connectivity index (χ0v) is 19.9. The monoisotopic (exact) mass is 497 g/mol. The van der Waals surface area contributed by atoms with E-state index in [1.807, 2.05) is 18.7 Å². The number of nitrogens with one attached hydrogen (secondary N) is 1. The lowest BCUT2D eigenvalue weighted by Crippen LogP contribution is -2.49. The maximum absolute atomic E-state index is 12.9. The minimum absolute atomic E-state index is 0.0272. The Morgan fingerprint density at radius 2 is 1.88 bits per heavy atom. The maximum Gasteiger partial charge on any atom is 0.416 e. The zero-order valence-electron chi connectivity index (χ0n) is 19.2. The van der Waals surface area contributed by atoms with E-state index in [9.17, 15) is 18.0 Å². The summed E-state index contributed by atoms with van der Waals surface area (Å²) in [5, 5.41) is 4.07. The molecule has 1 N–H and O–H groups in total. The van der Waals surface area contributed by atoms with Crippen LogP contribution in [0, 0.1) is 0 Å². The largest absolute Gasteiger partial charge is 0.493 e. The average Bonchev–Trinajstić information content (AvgIpc) is 2.78. The van der Waals surface area contributed by atoms with Crippen LogP contribution < -0.4 is 14.9 Å². The van der Waals surface area contributed by atoms with Crippen molar-refractivity contribution in [2.75, 3.05) is 19.1 Å². The van der Waals surface area contributed by atoms with Crippen molar-refractivity contribution in [1.82, 2.24) is 4.90 Å². The van der Waals surface area contributed by atoms with Crippen LogP contribution in [0.3, 0.4) is 0 Å². The first kappa shape index (κ1) is 25.7. The van der Waals surface area contributed by atoms with Gasteiger partial charge in [-0.1, -0.05) is 11.6 Å². The molecule has 1 fully saturated rings. The van der Waals surface area contributed by atoms with Gasteiger partial charge in [-0.2, -0.15) is 18.3 Å². The quantitative estimate of drug-likeness (QED) is 0.377. The number of carbonyl (C=O) groups excluding carboxylic acids is 1. The van der Waals surface area contributed by atoms with Crippen molar-refractivity contribution in [3.8, 4) is 11.5 Å². The SMILES string of the molecule is COc1cc(C=NNc2cc(C(F)(F)F)ccc2Cl)ccc1OCC(=O)N1C(C)CCCC1C. The van der Waals surface area contributed by atoms with E-state index in [1.165, 1.54) is 13.3 Å². The number of hydrazone groups is 1. The van der Waals surface area contributed by atoms with Crippen LogP contribution in [0.25, 0.3) is 0 Å². The van der Waals surface area contributed by atoms with Gasteiger partial charge in [-0.3, -0.25) is 10.2 Å². The number of likely N-dealkylation sites (tertiary alicyclic amines) is 1. The van der Waals surface area contributed by atoms with Crippen molar-refractivity contribution in [3.63, 3.8) is 0 Å². The molecule has 34 heavy (non-hydrogen) atoms. The van der Waals surface area contributed by atoms with Gasteiger partial charge in [0.15, 0.2) is 18.1 Å².